The summed E-state index contributed by atoms with van der Waals surface area (Å²) in [5.74, 6) is 1.68. The van der Waals surface area contributed by atoms with E-state index in [4.69, 9.17) is 4.74 Å². The minimum absolute atomic E-state index is 0.463. The van der Waals surface area contributed by atoms with E-state index in [0.717, 1.165) is 33.9 Å². The van der Waals surface area contributed by atoms with Gasteiger partial charge in [-0.1, -0.05) is 18.2 Å². The molecule has 4 heteroatoms. The number of H-pyrrole nitrogens is 1. The Morgan fingerprint density at radius 3 is 2.48 bits per heavy atom. The Morgan fingerprint density at radius 2 is 1.70 bits per heavy atom. The molecule has 0 amide bonds. The summed E-state index contributed by atoms with van der Waals surface area (Å²) in [6.45, 7) is 0.463. The largest absolute Gasteiger partial charge is 0.487 e. The van der Waals surface area contributed by atoms with Crippen LogP contribution < -0.4 is 4.74 Å². The highest BCUT2D eigenvalue weighted by molar-refractivity contribution is 5.79. The molecule has 0 saturated heterocycles. The number of para-hydroxylation sites is 2. The van der Waals surface area contributed by atoms with Gasteiger partial charge < -0.3 is 9.72 Å². The Hall–Kier alpha value is -3.14. The summed E-state index contributed by atoms with van der Waals surface area (Å²) in [6.07, 6.45) is 1.77. The molecular formula is C19H15N3O. The molecule has 2 aromatic carbocycles. The first-order chi connectivity index (χ1) is 11.4. The van der Waals surface area contributed by atoms with E-state index >= 15 is 0 Å². The molecule has 0 radical (unpaired) electrons. The first kappa shape index (κ1) is 13.5. The number of rotatable bonds is 4. The van der Waals surface area contributed by atoms with E-state index in [-0.39, 0.29) is 0 Å². The van der Waals surface area contributed by atoms with Crippen molar-refractivity contribution in [2.75, 3.05) is 0 Å². The van der Waals surface area contributed by atoms with Crippen molar-refractivity contribution in [3.8, 4) is 17.1 Å². The van der Waals surface area contributed by atoms with Crippen LogP contribution in [0.5, 0.6) is 5.75 Å². The van der Waals surface area contributed by atoms with Crippen LogP contribution in [0.4, 0.5) is 0 Å². The van der Waals surface area contributed by atoms with Crippen molar-refractivity contribution in [1.29, 1.82) is 0 Å². The van der Waals surface area contributed by atoms with Crippen LogP contribution in [0.3, 0.4) is 0 Å². The molecule has 2 heterocycles. The molecule has 4 nitrogen and oxygen atoms in total. The van der Waals surface area contributed by atoms with Crippen LogP contribution in [-0.4, -0.2) is 15.0 Å². The van der Waals surface area contributed by atoms with E-state index < -0.39 is 0 Å². The Balaban J connectivity index is 1.51. The monoisotopic (exact) mass is 301 g/mol. The summed E-state index contributed by atoms with van der Waals surface area (Å²) in [6, 6.07) is 21.7. The Morgan fingerprint density at radius 1 is 0.870 bits per heavy atom. The number of ether oxygens (including phenoxy) is 1. The van der Waals surface area contributed by atoms with E-state index in [0.29, 0.717) is 6.61 Å². The van der Waals surface area contributed by atoms with Crippen molar-refractivity contribution < 1.29 is 4.74 Å². The van der Waals surface area contributed by atoms with Crippen molar-refractivity contribution in [3.63, 3.8) is 0 Å². The minimum Gasteiger partial charge on any atom is -0.487 e. The first-order valence-electron chi connectivity index (χ1n) is 7.46. The molecule has 4 aromatic rings. The molecule has 4 rings (SSSR count). The van der Waals surface area contributed by atoms with Gasteiger partial charge in [0.05, 0.1) is 16.7 Å². The molecule has 0 aliphatic heterocycles. The number of benzene rings is 2. The van der Waals surface area contributed by atoms with E-state index in [1.54, 1.807) is 6.20 Å². The molecule has 0 fully saturated rings. The Kier molecular flexibility index (Phi) is 3.48. The standard InChI is InChI=1S/C19H15N3O/c1-2-7-18-17(6-1)21-19(22-18)14-8-10-16(11-9-14)23-13-15-5-3-4-12-20-15/h1-12H,13H2,(H,21,22). The number of hydrogen-bond acceptors (Lipinski definition) is 3. The number of hydrogen-bond donors (Lipinski definition) is 1. The minimum atomic E-state index is 0.463. The normalized spacial score (nSPS) is 10.8. The molecule has 0 aliphatic rings. The van der Waals surface area contributed by atoms with E-state index in [2.05, 4.69) is 15.0 Å². The van der Waals surface area contributed by atoms with E-state index in [1.807, 2.05) is 66.7 Å². The van der Waals surface area contributed by atoms with Gasteiger partial charge >= 0.3 is 0 Å². The highest BCUT2D eigenvalue weighted by atomic mass is 16.5. The maximum absolute atomic E-state index is 5.75. The number of pyridine rings is 1. The summed E-state index contributed by atoms with van der Waals surface area (Å²) >= 11 is 0. The SMILES string of the molecule is c1ccc(COc2ccc(-c3nc4ccccc4[nH]3)cc2)nc1. The third-order valence-electron chi connectivity index (χ3n) is 3.63. The van der Waals surface area contributed by atoms with Crippen LogP contribution in [0.25, 0.3) is 22.4 Å². The molecular weight excluding hydrogens is 286 g/mol. The number of imidazole rings is 1. The van der Waals surface area contributed by atoms with Gasteiger partial charge in [0.25, 0.3) is 0 Å². The van der Waals surface area contributed by atoms with E-state index in [1.165, 1.54) is 0 Å². The second-order valence-electron chi connectivity index (χ2n) is 5.24. The van der Waals surface area contributed by atoms with Gasteiger partial charge in [0.1, 0.15) is 18.2 Å². The molecule has 0 aliphatic carbocycles. The predicted molar refractivity (Wildman–Crippen MR) is 90.1 cm³/mol. The fraction of sp³-hybridized carbons (Fsp3) is 0.0526. The molecule has 112 valence electrons. The highest BCUT2D eigenvalue weighted by Crippen LogP contribution is 2.23. The average Bonchev–Trinajstić information content (AvgIpc) is 3.05. The van der Waals surface area contributed by atoms with Crippen molar-refractivity contribution in [3.05, 3.63) is 78.6 Å². The quantitative estimate of drug-likeness (QED) is 0.614. The summed E-state index contributed by atoms with van der Waals surface area (Å²) in [5.41, 5.74) is 3.95. The molecule has 0 saturated carbocycles. The summed E-state index contributed by atoms with van der Waals surface area (Å²) < 4.78 is 5.75. The second-order valence-corrected chi connectivity index (χ2v) is 5.24. The summed E-state index contributed by atoms with van der Waals surface area (Å²) in [4.78, 5) is 12.2. The Bertz CT molecular complexity index is 881. The third-order valence-corrected chi connectivity index (χ3v) is 3.63. The summed E-state index contributed by atoms with van der Waals surface area (Å²) in [5, 5.41) is 0. The predicted octanol–water partition coefficient (Wildman–Crippen LogP) is 4.20. The van der Waals surface area contributed by atoms with Crippen LogP contribution in [0.1, 0.15) is 5.69 Å². The molecule has 1 N–H and O–H groups in total. The van der Waals surface area contributed by atoms with Gasteiger partial charge in [-0.05, 0) is 48.5 Å². The van der Waals surface area contributed by atoms with Crippen LogP contribution in [0, 0.1) is 0 Å². The first-order valence-corrected chi connectivity index (χ1v) is 7.46. The second kappa shape index (κ2) is 5.93. The number of aromatic nitrogens is 3. The van der Waals surface area contributed by atoms with Gasteiger partial charge in [0.15, 0.2) is 0 Å². The van der Waals surface area contributed by atoms with Gasteiger partial charge in [0, 0.05) is 11.8 Å². The lowest BCUT2D eigenvalue weighted by molar-refractivity contribution is 0.301. The van der Waals surface area contributed by atoms with Crippen LogP contribution >= 0.6 is 0 Å². The highest BCUT2D eigenvalue weighted by Gasteiger charge is 2.05. The smallest absolute Gasteiger partial charge is 0.138 e. The lowest BCUT2D eigenvalue weighted by Crippen LogP contribution is -1.97. The molecule has 23 heavy (non-hydrogen) atoms. The van der Waals surface area contributed by atoms with Crippen molar-refractivity contribution in [2.24, 2.45) is 0 Å². The zero-order valence-electron chi connectivity index (χ0n) is 12.4. The lowest BCUT2D eigenvalue weighted by atomic mass is 10.2. The fourth-order valence-corrected chi connectivity index (χ4v) is 2.44. The number of nitrogens with one attached hydrogen (secondary N) is 1. The molecule has 0 spiro atoms. The number of aromatic amines is 1. The molecule has 0 unspecified atom stereocenters. The van der Waals surface area contributed by atoms with Gasteiger partial charge in [0.2, 0.25) is 0 Å². The fourth-order valence-electron chi connectivity index (χ4n) is 2.44. The maximum Gasteiger partial charge on any atom is 0.138 e. The third kappa shape index (κ3) is 2.92. The van der Waals surface area contributed by atoms with Gasteiger partial charge in [-0.2, -0.15) is 0 Å². The average molecular weight is 301 g/mol. The summed E-state index contributed by atoms with van der Waals surface area (Å²) in [7, 11) is 0. The number of fused-ring (bicyclic) bond motifs is 1. The van der Waals surface area contributed by atoms with Gasteiger partial charge in [-0.15, -0.1) is 0 Å². The van der Waals surface area contributed by atoms with Crippen LogP contribution in [0.15, 0.2) is 72.9 Å². The van der Waals surface area contributed by atoms with Crippen LogP contribution in [0.2, 0.25) is 0 Å². The van der Waals surface area contributed by atoms with E-state index in [9.17, 15) is 0 Å². The topological polar surface area (TPSA) is 50.8 Å². The number of nitrogens with zero attached hydrogens (tertiary/aromatic N) is 2. The van der Waals surface area contributed by atoms with Crippen molar-refractivity contribution in [1.82, 2.24) is 15.0 Å². The van der Waals surface area contributed by atoms with Crippen molar-refractivity contribution in [2.45, 2.75) is 6.61 Å². The molecule has 0 atom stereocenters. The van der Waals surface area contributed by atoms with Gasteiger partial charge in [-0.25, -0.2) is 4.98 Å². The zero-order valence-corrected chi connectivity index (χ0v) is 12.4. The van der Waals surface area contributed by atoms with Gasteiger partial charge in [-0.3, -0.25) is 4.98 Å². The Labute approximate surface area is 133 Å². The lowest BCUT2D eigenvalue weighted by Gasteiger charge is -2.06. The zero-order chi connectivity index (χ0) is 15.5. The molecule has 0 bridgehead atoms. The maximum atomic E-state index is 5.75. The van der Waals surface area contributed by atoms with Crippen LogP contribution in [-0.2, 0) is 6.61 Å². The van der Waals surface area contributed by atoms with Crippen molar-refractivity contribution >= 4 is 11.0 Å². The molecule has 2 aromatic heterocycles.